The average molecular weight is 401 g/mol. The Kier molecular flexibility index (Phi) is 6.35. The molecule has 2 aromatic heterocycles. The first kappa shape index (κ1) is 19.9. The Morgan fingerprint density at radius 2 is 2.00 bits per heavy atom. The lowest BCUT2D eigenvalue weighted by molar-refractivity contribution is -0.113. The highest BCUT2D eigenvalue weighted by molar-refractivity contribution is 7.99. The second-order valence-electron chi connectivity index (χ2n) is 6.32. The van der Waals surface area contributed by atoms with Crippen molar-refractivity contribution in [1.29, 1.82) is 0 Å². The molecule has 1 aromatic carbocycles. The number of thioether (sulfide) groups is 1. The van der Waals surface area contributed by atoms with Crippen molar-refractivity contribution in [3.05, 3.63) is 42.4 Å². The maximum absolute atomic E-state index is 12.4. The number of carbonyl (C=O) groups is 1. The van der Waals surface area contributed by atoms with Crippen LogP contribution in [0.15, 0.2) is 41.7 Å². The summed E-state index contributed by atoms with van der Waals surface area (Å²) < 4.78 is 8.95. The van der Waals surface area contributed by atoms with Crippen LogP contribution in [0.4, 0.5) is 5.82 Å². The van der Waals surface area contributed by atoms with Crippen LogP contribution in [0.25, 0.3) is 5.69 Å². The van der Waals surface area contributed by atoms with Gasteiger partial charge in [-0.15, -0.1) is 10.2 Å². The number of aryl methyl sites for hydroxylation is 1. The van der Waals surface area contributed by atoms with E-state index in [9.17, 15) is 4.79 Å². The molecule has 8 nitrogen and oxygen atoms in total. The summed E-state index contributed by atoms with van der Waals surface area (Å²) >= 11 is 1.34. The summed E-state index contributed by atoms with van der Waals surface area (Å²) in [4.78, 5) is 12.4. The first-order valence-corrected chi connectivity index (χ1v) is 10.0. The van der Waals surface area contributed by atoms with Crippen LogP contribution in [0.5, 0.6) is 5.75 Å². The summed E-state index contributed by atoms with van der Waals surface area (Å²) in [5.41, 5.74) is 0.918. The quantitative estimate of drug-likeness (QED) is 0.583. The molecular weight excluding hydrogens is 376 g/mol. The molecule has 0 aliphatic rings. The van der Waals surface area contributed by atoms with Gasteiger partial charge in [-0.05, 0) is 44.5 Å². The normalized spacial score (nSPS) is 12.0. The number of methoxy groups -OCH3 is 1. The fourth-order valence-corrected chi connectivity index (χ4v) is 3.51. The van der Waals surface area contributed by atoms with Crippen molar-refractivity contribution in [3.8, 4) is 11.4 Å². The third kappa shape index (κ3) is 4.36. The summed E-state index contributed by atoms with van der Waals surface area (Å²) in [5.74, 6) is 2.34. The number of rotatable bonds is 8. The lowest BCUT2D eigenvalue weighted by Crippen LogP contribution is -2.19. The van der Waals surface area contributed by atoms with E-state index in [0.717, 1.165) is 23.7 Å². The molecular formula is C19H24N6O2S. The monoisotopic (exact) mass is 400 g/mol. The van der Waals surface area contributed by atoms with E-state index in [0.29, 0.717) is 11.0 Å². The van der Waals surface area contributed by atoms with Gasteiger partial charge in [0.2, 0.25) is 5.91 Å². The molecule has 1 N–H and O–H groups in total. The SMILES string of the molecule is CCC(C)n1nccc1NC(=O)CSc1nnc(C)n1-c1ccc(OC)cc1. The van der Waals surface area contributed by atoms with Gasteiger partial charge in [0, 0.05) is 11.8 Å². The molecule has 3 aromatic rings. The molecule has 0 bridgehead atoms. The predicted molar refractivity (Wildman–Crippen MR) is 109 cm³/mol. The minimum absolute atomic E-state index is 0.114. The summed E-state index contributed by atoms with van der Waals surface area (Å²) in [7, 11) is 1.63. The highest BCUT2D eigenvalue weighted by Crippen LogP contribution is 2.24. The minimum Gasteiger partial charge on any atom is -0.497 e. The molecule has 0 fully saturated rings. The molecule has 3 rings (SSSR count). The van der Waals surface area contributed by atoms with Gasteiger partial charge in [0.15, 0.2) is 5.16 Å². The first-order valence-electron chi connectivity index (χ1n) is 9.06. The van der Waals surface area contributed by atoms with Crippen LogP contribution in [0.2, 0.25) is 0 Å². The van der Waals surface area contributed by atoms with Gasteiger partial charge >= 0.3 is 0 Å². The van der Waals surface area contributed by atoms with Crippen molar-refractivity contribution < 1.29 is 9.53 Å². The molecule has 148 valence electrons. The molecule has 0 saturated heterocycles. The van der Waals surface area contributed by atoms with E-state index in [1.54, 1.807) is 19.4 Å². The fourth-order valence-electron chi connectivity index (χ4n) is 2.71. The van der Waals surface area contributed by atoms with E-state index < -0.39 is 0 Å². The second kappa shape index (κ2) is 8.92. The van der Waals surface area contributed by atoms with Gasteiger partial charge in [-0.2, -0.15) is 5.10 Å². The van der Waals surface area contributed by atoms with Crippen LogP contribution in [0.3, 0.4) is 0 Å². The Labute approximate surface area is 168 Å². The van der Waals surface area contributed by atoms with Crippen LogP contribution in [-0.4, -0.2) is 43.3 Å². The highest BCUT2D eigenvalue weighted by atomic mass is 32.2. The minimum atomic E-state index is -0.114. The molecule has 1 unspecified atom stereocenters. The molecule has 1 atom stereocenters. The molecule has 1 amide bonds. The third-order valence-corrected chi connectivity index (χ3v) is 5.33. The standard InChI is InChI=1S/C19H24N6O2S/c1-5-13(2)25-17(10-11-20-25)21-18(26)12-28-19-23-22-14(3)24(19)15-6-8-16(27-4)9-7-15/h6-11,13H,5,12H2,1-4H3,(H,21,26). The van der Waals surface area contributed by atoms with Gasteiger partial charge < -0.3 is 10.1 Å². The lowest BCUT2D eigenvalue weighted by Gasteiger charge is -2.14. The summed E-state index contributed by atoms with van der Waals surface area (Å²) in [6, 6.07) is 9.66. The lowest BCUT2D eigenvalue weighted by atomic mass is 10.3. The van der Waals surface area contributed by atoms with E-state index in [2.05, 4.69) is 34.5 Å². The Morgan fingerprint density at radius 3 is 2.68 bits per heavy atom. The maximum Gasteiger partial charge on any atom is 0.235 e. The van der Waals surface area contributed by atoms with E-state index in [-0.39, 0.29) is 17.7 Å². The molecule has 2 heterocycles. The van der Waals surface area contributed by atoms with Crippen LogP contribution in [0, 0.1) is 6.92 Å². The largest absolute Gasteiger partial charge is 0.497 e. The molecule has 28 heavy (non-hydrogen) atoms. The van der Waals surface area contributed by atoms with Gasteiger partial charge in [-0.3, -0.25) is 9.36 Å². The van der Waals surface area contributed by atoms with E-state index in [1.165, 1.54) is 11.8 Å². The van der Waals surface area contributed by atoms with Crippen molar-refractivity contribution in [2.75, 3.05) is 18.2 Å². The van der Waals surface area contributed by atoms with Gasteiger partial charge in [-0.1, -0.05) is 18.7 Å². The maximum atomic E-state index is 12.4. The molecule has 0 radical (unpaired) electrons. The number of hydrogen-bond acceptors (Lipinski definition) is 6. The van der Waals surface area contributed by atoms with E-state index in [1.807, 2.05) is 40.4 Å². The van der Waals surface area contributed by atoms with Crippen LogP contribution in [0.1, 0.15) is 32.1 Å². The number of carbonyl (C=O) groups excluding carboxylic acids is 1. The van der Waals surface area contributed by atoms with Crippen molar-refractivity contribution >= 4 is 23.5 Å². The Hall–Kier alpha value is -2.81. The topological polar surface area (TPSA) is 86.9 Å². The molecule has 0 aliphatic carbocycles. The van der Waals surface area contributed by atoms with Crippen molar-refractivity contribution in [1.82, 2.24) is 24.5 Å². The predicted octanol–water partition coefficient (Wildman–Crippen LogP) is 3.48. The van der Waals surface area contributed by atoms with Gasteiger partial charge in [-0.25, -0.2) is 4.68 Å². The highest BCUT2D eigenvalue weighted by Gasteiger charge is 2.15. The fraction of sp³-hybridized carbons (Fsp3) is 0.368. The van der Waals surface area contributed by atoms with Crippen LogP contribution >= 0.6 is 11.8 Å². The number of aromatic nitrogens is 5. The summed E-state index contributed by atoms with van der Waals surface area (Å²) in [6.07, 6.45) is 2.63. The zero-order valence-electron chi connectivity index (χ0n) is 16.4. The van der Waals surface area contributed by atoms with Crippen LogP contribution in [-0.2, 0) is 4.79 Å². The second-order valence-corrected chi connectivity index (χ2v) is 7.26. The van der Waals surface area contributed by atoms with E-state index in [4.69, 9.17) is 4.74 Å². The zero-order chi connectivity index (χ0) is 20.1. The number of benzene rings is 1. The first-order chi connectivity index (χ1) is 13.5. The molecule has 9 heteroatoms. The van der Waals surface area contributed by atoms with Crippen molar-refractivity contribution in [2.45, 2.75) is 38.4 Å². The summed E-state index contributed by atoms with van der Waals surface area (Å²) in [6.45, 7) is 6.03. The van der Waals surface area contributed by atoms with Gasteiger partial charge in [0.25, 0.3) is 0 Å². The number of hydrogen-bond donors (Lipinski definition) is 1. The number of amides is 1. The Balaban J connectivity index is 1.68. The Morgan fingerprint density at radius 1 is 1.25 bits per heavy atom. The third-order valence-electron chi connectivity index (χ3n) is 4.40. The molecule has 0 aliphatic heterocycles. The van der Waals surface area contributed by atoms with Crippen molar-refractivity contribution in [3.63, 3.8) is 0 Å². The molecule has 0 spiro atoms. The number of anilines is 1. The number of ether oxygens (including phenoxy) is 1. The molecule has 0 saturated carbocycles. The van der Waals surface area contributed by atoms with Gasteiger partial charge in [0.1, 0.15) is 17.4 Å². The van der Waals surface area contributed by atoms with Gasteiger partial charge in [0.05, 0.1) is 25.1 Å². The summed E-state index contributed by atoms with van der Waals surface area (Å²) in [5, 5.41) is 16.2. The van der Waals surface area contributed by atoms with Crippen LogP contribution < -0.4 is 10.1 Å². The van der Waals surface area contributed by atoms with Crippen molar-refractivity contribution in [2.24, 2.45) is 0 Å². The smallest absolute Gasteiger partial charge is 0.235 e. The average Bonchev–Trinajstić information content (AvgIpc) is 3.32. The number of nitrogens with one attached hydrogen (secondary N) is 1. The van der Waals surface area contributed by atoms with E-state index >= 15 is 0 Å². The zero-order valence-corrected chi connectivity index (χ0v) is 17.2. The number of nitrogens with zero attached hydrogens (tertiary/aromatic N) is 5. The Bertz CT molecular complexity index is 934.